The van der Waals surface area contributed by atoms with Gasteiger partial charge in [0.15, 0.2) is 0 Å². The fourth-order valence-electron chi connectivity index (χ4n) is 2.71. The van der Waals surface area contributed by atoms with E-state index in [1.165, 1.54) is 24.3 Å². The summed E-state index contributed by atoms with van der Waals surface area (Å²) in [5.74, 6) is -0.215. The smallest absolute Gasteiger partial charge is 0.293 e. The number of benzene rings is 2. The van der Waals surface area contributed by atoms with E-state index in [0.29, 0.717) is 11.4 Å². The molecule has 1 aliphatic heterocycles. The maximum Gasteiger partial charge on any atom is 0.293 e. The van der Waals surface area contributed by atoms with Gasteiger partial charge in [-0.25, -0.2) is 13.6 Å². The Morgan fingerprint density at radius 1 is 1.13 bits per heavy atom. The molecule has 0 unspecified atom stereocenters. The van der Waals surface area contributed by atoms with Crippen LogP contribution in [0.3, 0.4) is 0 Å². The van der Waals surface area contributed by atoms with Crippen LogP contribution in [-0.4, -0.2) is 44.0 Å². The molecule has 1 aliphatic rings. The quantitative estimate of drug-likeness (QED) is 0.604. The molecule has 3 rings (SSSR count). The predicted octanol–water partition coefficient (Wildman–Crippen LogP) is 2.41. The number of hydrogen-bond acceptors (Lipinski definition) is 7. The molecule has 0 atom stereocenters. The number of carbonyl (C=O) groups excluding carboxylic acids is 3. The molecule has 0 aliphatic carbocycles. The normalized spacial score (nSPS) is 15.4. The highest BCUT2D eigenvalue weighted by atomic mass is 32.2. The number of hydrogen-bond donors (Lipinski definition) is 2. The maximum atomic E-state index is 12.5. The molecular formula is C20H19N3O6S2. The molecule has 0 saturated carbocycles. The Labute approximate surface area is 183 Å². The largest absolute Gasteiger partial charge is 0.497 e. The second kappa shape index (κ2) is 9.33. The van der Waals surface area contributed by atoms with E-state index in [0.717, 1.165) is 22.2 Å². The summed E-state index contributed by atoms with van der Waals surface area (Å²) in [4.78, 5) is 38.1. The molecule has 3 amide bonds. The minimum Gasteiger partial charge on any atom is -0.497 e. The number of nitrogens with zero attached hydrogens (tertiary/aromatic N) is 1. The number of amides is 3. The lowest BCUT2D eigenvalue weighted by molar-refractivity contribution is -0.123. The molecule has 11 heteroatoms. The Morgan fingerprint density at radius 3 is 2.35 bits per heavy atom. The van der Waals surface area contributed by atoms with Crippen molar-refractivity contribution in [3.05, 3.63) is 59.0 Å². The standard InChI is InChI=1S/C20H19N3O6S2/c1-29-15-6-2-13(3-7-15)12-17-19(25)23(20(26)30-17)11-10-18(24)22-14-4-8-16(9-5-14)31(21,27)28/h2-9,12H,10-11H2,1H3,(H,22,24)(H2,21,27,28)/b17-12-. The van der Waals surface area contributed by atoms with Gasteiger partial charge in [-0.2, -0.15) is 0 Å². The second-order valence-corrected chi connectivity index (χ2v) is 9.03. The number of methoxy groups -OCH3 is 1. The number of rotatable bonds is 7. The van der Waals surface area contributed by atoms with E-state index in [-0.39, 0.29) is 22.8 Å². The van der Waals surface area contributed by atoms with Crippen LogP contribution in [0, 0.1) is 0 Å². The molecule has 2 aromatic carbocycles. The third-order valence-corrected chi connectivity index (χ3v) is 6.15. The Bertz CT molecular complexity index is 1140. The Hall–Kier alpha value is -3.15. The summed E-state index contributed by atoms with van der Waals surface area (Å²) in [6.07, 6.45) is 1.50. The van der Waals surface area contributed by atoms with Gasteiger partial charge in [0.05, 0.1) is 16.9 Å². The van der Waals surface area contributed by atoms with Crippen LogP contribution < -0.4 is 15.2 Å². The van der Waals surface area contributed by atoms with E-state index in [1.54, 1.807) is 37.5 Å². The van der Waals surface area contributed by atoms with Crippen molar-refractivity contribution >= 4 is 50.6 Å². The van der Waals surface area contributed by atoms with Crippen molar-refractivity contribution in [2.24, 2.45) is 5.14 Å². The first-order valence-corrected chi connectivity index (χ1v) is 11.4. The highest BCUT2D eigenvalue weighted by molar-refractivity contribution is 8.18. The van der Waals surface area contributed by atoms with Gasteiger partial charge in [0.2, 0.25) is 15.9 Å². The minimum atomic E-state index is -3.82. The number of imide groups is 1. The van der Waals surface area contributed by atoms with Crippen LogP contribution in [0.4, 0.5) is 10.5 Å². The van der Waals surface area contributed by atoms with Gasteiger partial charge in [-0.15, -0.1) is 0 Å². The van der Waals surface area contributed by atoms with E-state index in [2.05, 4.69) is 5.32 Å². The van der Waals surface area contributed by atoms with E-state index < -0.39 is 27.1 Å². The molecule has 3 N–H and O–H groups in total. The first kappa shape index (κ1) is 22.5. The van der Waals surface area contributed by atoms with Gasteiger partial charge in [-0.05, 0) is 59.8 Å². The summed E-state index contributed by atoms with van der Waals surface area (Å²) < 4.78 is 27.6. The molecule has 1 fully saturated rings. The summed E-state index contributed by atoms with van der Waals surface area (Å²) in [5, 5.41) is 7.16. The van der Waals surface area contributed by atoms with E-state index in [1.807, 2.05) is 0 Å². The SMILES string of the molecule is COc1ccc(/C=C2\SC(=O)N(CCC(=O)Nc3ccc(S(N)(=O)=O)cc3)C2=O)cc1. The fraction of sp³-hybridized carbons (Fsp3) is 0.150. The van der Waals surface area contributed by atoms with E-state index in [9.17, 15) is 22.8 Å². The molecule has 31 heavy (non-hydrogen) atoms. The zero-order valence-corrected chi connectivity index (χ0v) is 18.0. The number of carbonyl (C=O) groups is 3. The second-order valence-electron chi connectivity index (χ2n) is 6.47. The number of nitrogens with two attached hydrogens (primary N) is 1. The Kier molecular flexibility index (Phi) is 6.78. The summed E-state index contributed by atoms with van der Waals surface area (Å²) in [5.41, 5.74) is 1.11. The van der Waals surface area contributed by atoms with E-state index in [4.69, 9.17) is 9.88 Å². The van der Waals surface area contributed by atoms with Crippen molar-refractivity contribution in [1.29, 1.82) is 0 Å². The lowest BCUT2D eigenvalue weighted by Gasteiger charge is -2.12. The third kappa shape index (κ3) is 5.72. The highest BCUT2D eigenvalue weighted by Gasteiger charge is 2.35. The molecule has 1 heterocycles. The summed E-state index contributed by atoms with van der Waals surface area (Å²) >= 11 is 0.813. The van der Waals surface area contributed by atoms with Crippen LogP contribution in [0.25, 0.3) is 6.08 Å². The predicted molar refractivity (Wildman–Crippen MR) is 117 cm³/mol. The Morgan fingerprint density at radius 2 is 1.77 bits per heavy atom. The first-order chi connectivity index (χ1) is 14.7. The van der Waals surface area contributed by atoms with Crippen molar-refractivity contribution in [3.8, 4) is 5.75 Å². The van der Waals surface area contributed by atoms with E-state index >= 15 is 0 Å². The van der Waals surface area contributed by atoms with Gasteiger partial charge in [0.25, 0.3) is 11.1 Å². The summed E-state index contributed by atoms with van der Waals surface area (Å²) in [6, 6.07) is 12.4. The molecule has 0 aromatic heterocycles. The van der Waals surface area contributed by atoms with Crippen LogP contribution in [0.1, 0.15) is 12.0 Å². The van der Waals surface area contributed by atoms with Gasteiger partial charge >= 0.3 is 0 Å². The molecule has 2 aromatic rings. The summed E-state index contributed by atoms with van der Waals surface area (Å²) in [6.45, 7) is -0.0777. The van der Waals surface area contributed by atoms with Crippen LogP contribution in [0.2, 0.25) is 0 Å². The average Bonchev–Trinajstić information content (AvgIpc) is 2.99. The number of ether oxygens (including phenoxy) is 1. The van der Waals surface area contributed by atoms with Crippen LogP contribution >= 0.6 is 11.8 Å². The topological polar surface area (TPSA) is 136 Å². The molecule has 9 nitrogen and oxygen atoms in total. The molecule has 0 spiro atoms. The highest BCUT2D eigenvalue weighted by Crippen LogP contribution is 2.32. The third-order valence-electron chi connectivity index (χ3n) is 4.32. The zero-order valence-electron chi connectivity index (χ0n) is 16.4. The monoisotopic (exact) mass is 461 g/mol. The summed E-state index contributed by atoms with van der Waals surface area (Å²) in [7, 11) is -2.27. The number of sulfonamides is 1. The zero-order chi connectivity index (χ0) is 22.6. The van der Waals surface area contributed by atoms with Gasteiger partial charge in [0, 0.05) is 18.7 Å². The van der Waals surface area contributed by atoms with Gasteiger partial charge in [0.1, 0.15) is 5.75 Å². The van der Waals surface area contributed by atoms with Gasteiger partial charge in [-0.3, -0.25) is 19.3 Å². The molecule has 0 bridgehead atoms. The van der Waals surface area contributed by atoms with Crippen molar-refractivity contribution in [1.82, 2.24) is 4.90 Å². The van der Waals surface area contributed by atoms with Crippen molar-refractivity contribution in [2.45, 2.75) is 11.3 Å². The number of anilines is 1. The fourth-order valence-corrected chi connectivity index (χ4v) is 4.09. The molecule has 0 radical (unpaired) electrons. The average molecular weight is 462 g/mol. The van der Waals surface area contributed by atoms with Gasteiger partial charge in [-0.1, -0.05) is 12.1 Å². The molecular weight excluding hydrogens is 442 g/mol. The number of thioether (sulfide) groups is 1. The molecule has 162 valence electrons. The first-order valence-electron chi connectivity index (χ1n) is 8.99. The van der Waals surface area contributed by atoms with Crippen LogP contribution in [-0.2, 0) is 19.6 Å². The van der Waals surface area contributed by atoms with Crippen molar-refractivity contribution in [2.75, 3.05) is 19.0 Å². The lowest BCUT2D eigenvalue weighted by atomic mass is 10.2. The van der Waals surface area contributed by atoms with Crippen molar-refractivity contribution in [3.63, 3.8) is 0 Å². The lowest BCUT2D eigenvalue weighted by Crippen LogP contribution is -2.31. The molecule has 1 saturated heterocycles. The maximum absolute atomic E-state index is 12.5. The Balaban J connectivity index is 1.58. The number of nitrogens with one attached hydrogen (secondary N) is 1. The van der Waals surface area contributed by atoms with Crippen LogP contribution in [0.15, 0.2) is 58.3 Å². The minimum absolute atomic E-state index is 0.0769. The van der Waals surface area contributed by atoms with Crippen molar-refractivity contribution < 1.29 is 27.5 Å². The number of primary sulfonamides is 1. The van der Waals surface area contributed by atoms with Gasteiger partial charge < -0.3 is 10.1 Å². The van der Waals surface area contributed by atoms with Crippen LogP contribution in [0.5, 0.6) is 5.75 Å².